The van der Waals surface area contributed by atoms with Gasteiger partial charge in [-0.15, -0.1) is 0 Å². The number of aryl methyl sites for hydroxylation is 1. The van der Waals surface area contributed by atoms with Crippen LogP contribution in [-0.4, -0.2) is 23.8 Å². The van der Waals surface area contributed by atoms with Crippen LogP contribution in [0.15, 0.2) is 28.8 Å². The first-order valence-corrected chi connectivity index (χ1v) is 6.88. The highest BCUT2D eigenvalue weighted by molar-refractivity contribution is 5.44. The van der Waals surface area contributed by atoms with E-state index in [2.05, 4.69) is 46.6 Å². The maximum atomic E-state index is 5.28. The molecular formula is C15H21N3O2. The normalized spacial score (nSPS) is 12.3. The van der Waals surface area contributed by atoms with Crippen LogP contribution in [0.25, 0.3) is 0 Å². The molecule has 1 heterocycles. The summed E-state index contributed by atoms with van der Waals surface area (Å²) in [5.74, 6) is 1.26. The molecule has 0 radical (unpaired) electrons. The third kappa shape index (κ3) is 3.81. The molecule has 0 bridgehead atoms. The van der Waals surface area contributed by atoms with Gasteiger partial charge in [-0.25, -0.2) is 0 Å². The SMILES string of the molecule is CCC(OC)c1noc(CCNc2ccc(C)cc2)n1. The maximum absolute atomic E-state index is 5.28. The van der Waals surface area contributed by atoms with Crippen LogP contribution in [-0.2, 0) is 11.2 Å². The molecule has 1 unspecified atom stereocenters. The molecule has 5 heteroatoms. The first kappa shape index (κ1) is 14.5. The number of nitrogens with one attached hydrogen (secondary N) is 1. The predicted octanol–water partition coefficient (Wildman–Crippen LogP) is 3.13. The number of rotatable bonds is 7. The van der Waals surface area contributed by atoms with E-state index in [9.17, 15) is 0 Å². The van der Waals surface area contributed by atoms with Crippen molar-refractivity contribution in [3.8, 4) is 0 Å². The molecule has 1 N–H and O–H groups in total. The summed E-state index contributed by atoms with van der Waals surface area (Å²) in [5, 5.41) is 7.28. The summed E-state index contributed by atoms with van der Waals surface area (Å²) in [6.45, 7) is 4.86. The predicted molar refractivity (Wildman–Crippen MR) is 77.7 cm³/mol. The van der Waals surface area contributed by atoms with Crippen molar-refractivity contribution in [3.63, 3.8) is 0 Å². The number of nitrogens with zero attached hydrogens (tertiary/aromatic N) is 2. The summed E-state index contributed by atoms with van der Waals surface area (Å²) in [7, 11) is 1.66. The lowest BCUT2D eigenvalue weighted by atomic mass is 10.2. The van der Waals surface area contributed by atoms with Crippen molar-refractivity contribution < 1.29 is 9.26 Å². The molecule has 0 spiro atoms. The van der Waals surface area contributed by atoms with E-state index in [0.717, 1.165) is 18.7 Å². The number of anilines is 1. The fourth-order valence-corrected chi connectivity index (χ4v) is 1.94. The van der Waals surface area contributed by atoms with Gasteiger partial charge in [-0.05, 0) is 25.5 Å². The van der Waals surface area contributed by atoms with Gasteiger partial charge in [0.1, 0.15) is 6.10 Å². The van der Waals surface area contributed by atoms with Gasteiger partial charge in [0.15, 0.2) is 0 Å². The maximum Gasteiger partial charge on any atom is 0.228 e. The monoisotopic (exact) mass is 275 g/mol. The van der Waals surface area contributed by atoms with Crippen LogP contribution in [0.1, 0.15) is 36.7 Å². The first-order chi connectivity index (χ1) is 9.72. The van der Waals surface area contributed by atoms with Crippen molar-refractivity contribution in [1.29, 1.82) is 0 Å². The van der Waals surface area contributed by atoms with Crippen molar-refractivity contribution in [2.45, 2.75) is 32.8 Å². The Hall–Kier alpha value is -1.88. The van der Waals surface area contributed by atoms with Crippen LogP contribution < -0.4 is 5.32 Å². The van der Waals surface area contributed by atoms with Gasteiger partial charge in [0, 0.05) is 25.8 Å². The molecule has 108 valence electrons. The summed E-state index contributed by atoms with van der Waals surface area (Å²) in [4.78, 5) is 4.35. The molecule has 0 fully saturated rings. The topological polar surface area (TPSA) is 60.2 Å². The van der Waals surface area contributed by atoms with E-state index in [1.165, 1.54) is 5.56 Å². The van der Waals surface area contributed by atoms with Crippen LogP contribution in [0.4, 0.5) is 5.69 Å². The Bertz CT molecular complexity index is 518. The Kier molecular flexibility index (Phi) is 5.12. The highest BCUT2D eigenvalue weighted by Crippen LogP contribution is 2.16. The third-order valence-electron chi connectivity index (χ3n) is 3.15. The van der Waals surface area contributed by atoms with E-state index >= 15 is 0 Å². The summed E-state index contributed by atoms with van der Waals surface area (Å²) < 4.78 is 10.5. The molecule has 0 aliphatic rings. The molecular weight excluding hydrogens is 254 g/mol. The lowest BCUT2D eigenvalue weighted by Crippen LogP contribution is -2.06. The number of ether oxygens (including phenoxy) is 1. The number of hydrogen-bond acceptors (Lipinski definition) is 5. The second-order valence-electron chi connectivity index (χ2n) is 4.72. The summed E-state index contributed by atoms with van der Waals surface area (Å²) in [6.07, 6.45) is 1.44. The zero-order valence-electron chi connectivity index (χ0n) is 12.2. The van der Waals surface area contributed by atoms with Gasteiger partial charge in [0.2, 0.25) is 11.7 Å². The van der Waals surface area contributed by atoms with Gasteiger partial charge in [-0.3, -0.25) is 0 Å². The number of methoxy groups -OCH3 is 1. The lowest BCUT2D eigenvalue weighted by molar-refractivity contribution is 0.0903. The Labute approximate surface area is 119 Å². The largest absolute Gasteiger partial charge is 0.385 e. The molecule has 2 rings (SSSR count). The van der Waals surface area contributed by atoms with Gasteiger partial charge in [-0.1, -0.05) is 29.8 Å². The fraction of sp³-hybridized carbons (Fsp3) is 0.467. The zero-order valence-corrected chi connectivity index (χ0v) is 12.2. The van der Waals surface area contributed by atoms with Gasteiger partial charge in [0.05, 0.1) is 0 Å². The minimum atomic E-state index is -0.0856. The van der Waals surface area contributed by atoms with Crippen LogP contribution >= 0.6 is 0 Å². The molecule has 1 aromatic heterocycles. The number of benzene rings is 1. The lowest BCUT2D eigenvalue weighted by Gasteiger charge is -2.06. The average molecular weight is 275 g/mol. The molecule has 0 amide bonds. The van der Waals surface area contributed by atoms with Crippen molar-refractivity contribution in [1.82, 2.24) is 10.1 Å². The van der Waals surface area contributed by atoms with Crippen LogP contribution in [0.2, 0.25) is 0 Å². The van der Waals surface area contributed by atoms with Gasteiger partial charge in [0.25, 0.3) is 0 Å². The molecule has 20 heavy (non-hydrogen) atoms. The summed E-state index contributed by atoms with van der Waals surface area (Å²) in [5.41, 5.74) is 2.35. The van der Waals surface area contributed by atoms with Crippen molar-refractivity contribution in [2.75, 3.05) is 19.0 Å². The second kappa shape index (κ2) is 7.05. The van der Waals surface area contributed by atoms with Crippen molar-refractivity contribution in [2.24, 2.45) is 0 Å². The average Bonchev–Trinajstić information content (AvgIpc) is 2.91. The minimum absolute atomic E-state index is 0.0856. The Morgan fingerprint density at radius 3 is 2.70 bits per heavy atom. The first-order valence-electron chi connectivity index (χ1n) is 6.88. The number of hydrogen-bond donors (Lipinski definition) is 1. The van der Waals surface area contributed by atoms with Crippen LogP contribution in [0.5, 0.6) is 0 Å². The zero-order chi connectivity index (χ0) is 14.4. The van der Waals surface area contributed by atoms with E-state index in [1.54, 1.807) is 7.11 Å². The van der Waals surface area contributed by atoms with E-state index < -0.39 is 0 Å². The molecule has 1 atom stereocenters. The van der Waals surface area contributed by atoms with Crippen molar-refractivity contribution in [3.05, 3.63) is 41.5 Å². The highest BCUT2D eigenvalue weighted by atomic mass is 16.5. The number of aromatic nitrogens is 2. The molecule has 0 aliphatic carbocycles. The van der Waals surface area contributed by atoms with E-state index in [-0.39, 0.29) is 6.10 Å². The highest BCUT2D eigenvalue weighted by Gasteiger charge is 2.15. The van der Waals surface area contributed by atoms with Gasteiger partial charge >= 0.3 is 0 Å². The van der Waals surface area contributed by atoms with E-state index in [1.807, 2.05) is 6.92 Å². The molecule has 5 nitrogen and oxygen atoms in total. The standard InChI is InChI=1S/C15H21N3O2/c1-4-13(19-3)15-17-14(20-18-15)9-10-16-12-7-5-11(2)6-8-12/h5-8,13,16H,4,9-10H2,1-3H3. The van der Waals surface area contributed by atoms with Crippen molar-refractivity contribution >= 4 is 5.69 Å². The van der Waals surface area contributed by atoms with E-state index in [4.69, 9.17) is 9.26 Å². The molecule has 1 aromatic carbocycles. The van der Waals surface area contributed by atoms with E-state index in [0.29, 0.717) is 18.1 Å². The molecule has 0 saturated heterocycles. The molecule has 0 aliphatic heterocycles. The minimum Gasteiger partial charge on any atom is -0.385 e. The Morgan fingerprint density at radius 2 is 2.05 bits per heavy atom. The Balaban J connectivity index is 1.84. The van der Waals surface area contributed by atoms with Crippen LogP contribution in [0, 0.1) is 6.92 Å². The molecule has 0 saturated carbocycles. The molecule has 2 aromatic rings. The quantitative estimate of drug-likeness (QED) is 0.841. The summed E-state index contributed by atoms with van der Waals surface area (Å²) in [6, 6.07) is 8.29. The third-order valence-corrected chi connectivity index (χ3v) is 3.15. The van der Waals surface area contributed by atoms with Gasteiger partial charge in [-0.2, -0.15) is 4.98 Å². The smallest absolute Gasteiger partial charge is 0.228 e. The second-order valence-corrected chi connectivity index (χ2v) is 4.72. The Morgan fingerprint density at radius 1 is 1.30 bits per heavy atom. The van der Waals surface area contributed by atoms with Crippen LogP contribution in [0.3, 0.4) is 0 Å². The fourth-order valence-electron chi connectivity index (χ4n) is 1.94. The summed E-state index contributed by atoms with van der Waals surface area (Å²) >= 11 is 0. The van der Waals surface area contributed by atoms with Gasteiger partial charge < -0.3 is 14.6 Å².